The van der Waals surface area contributed by atoms with Crippen molar-refractivity contribution in [2.75, 3.05) is 13.1 Å². The summed E-state index contributed by atoms with van der Waals surface area (Å²) in [7, 11) is 0. The molecule has 0 aromatic carbocycles. The maximum absolute atomic E-state index is 11.4. The summed E-state index contributed by atoms with van der Waals surface area (Å²) in [5.74, 6) is 1.81. The highest BCUT2D eigenvalue weighted by Gasteiger charge is 2.20. The molecule has 0 bridgehead atoms. The van der Waals surface area contributed by atoms with Crippen molar-refractivity contribution in [3.8, 4) is 0 Å². The highest BCUT2D eigenvalue weighted by Crippen LogP contribution is 2.28. The van der Waals surface area contributed by atoms with Gasteiger partial charge in [-0.1, -0.05) is 26.7 Å². The molecule has 1 saturated carbocycles. The topological polar surface area (TPSA) is 41.1 Å². The number of rotatable bonds is 5. The van der Waals surface area contributed by atoms with Crippen molar-refractivity contribution in [3.63, 3.8) is 0 Å². The third-order valence-corrected chi connectivity index (χ3v) is 3.88. The smallest absolute Gasteiger partial charge is 0.233 e. The molecule has 0 saturated heterocycles. The lowest BCUT2D eigenvalue weighted by Crippen LogP contribution is -2.38. The lowest BCUT2D eigenvalue weighted by Gasteiger charge is -2.19. The first-order valence-electron chi connectivity index (χ1n) is 7.13. The van der Waals surface area contributed by atoms with Crippen molar-refractivity contribution in [2.24, 2.45) is 11.8 Å². The van der Waals surface area contributed by atoms with E-state index in [2.05, 4.69) is 24.5 Å². The zero-order valence-corrected chi connectivity index (χ0v) is 11.6. The Hall–Kier alpha value is -0.570. The molecule has 0 aliphatic heterocycles. The van der Waals surface area contributed by atoms with Crippen LogP contribution in [0.15, 0.2) is 0 Å². The molecule has 1 fully saturated rings. The van der Waals surface area contributed by atoms with E-state index in [1.165, 1.54) is 32.1 Å². The van der Waals surface area contributed by atoms with Gasteiger partial charge in [0.25, 0.3) is 0 Å². The molecule has 2 unspecified atom stereocenters. The van der Waals surface area contributed by atoms with Gasteiger partial charge in [0.2, 0.25) is 5.91 Å². The Kier molecular flexibility index (Phi) is 6.56. The second kappa shape index (κ2) is 7.70. The van der Waals surface area contributed by atoms with Crippen molar-refractivity contribution >= 4 is 5.91 Å². The first kappa shape index (κ1) is 14.5. The van der Waals surface area contributed by atoms with Crippen LogP contribution < -0.4 is 10.6 Å². The third kappa shape index (κ3) is 5.53. The molecular weight excluding hydrogens is 212 g/mol. The first-order valence-corrected chi connectivity index (χ1v) is 7.13. The molecule has 1 aliphatic carbocycles. The van der Waals surface area contributed by atoms with Crippen molar-refractivity contribution < 1.29 is 4.79 Å². The summed E-state index contributed by atoms with van der Waals surface area (Å²) in [6.07, 6.45) is 6.42. The summed E-state index contributed by atoms with van der Waals surface area (Å²) in [4.78, 5) is 11.4. The number of nitrogens with one attached hydrogen (secondary N) is 2. The predicted molar refractivity (Wildman–Crippen MR) is 71.9 cm³/mol. The van der Waals surface area contributed by atoms with Gasteiger partial charge < -0.3 is 10.6 Å². The van der Waals surface area contributed by atoms with Crippen molar-refractivity contribution in [3.05, 3.63) is 0 Å². The van der Waals surface area contributed by atoms with E-state index in [0.717, 1.165) is 18.4 Å². The van der Waals surface area contributed by atoms with E-state index in [9.17, 15) is 4.79 Å². The minimum Gasteiger partial charge on any atom is -0.355 e. The third-order valence-electron chi connectivity index (χ3n) is 3.88. The van der Waals surface area contributed by atoms with Crippen molar-refractivity contribution in [1.29, 1.82) is 0 Å². The molecule has 17 heavy (non-hydrogen) atoms. The summed E-state index contributed by atoms with van der Waals surface area (Å²) in [5, 5.41) is 6.22. The van der Waals surface area contributed by atoms with E-state index >= 15 is 0 Å². The fourth-order valence-corrected chi connectivity index (χ4v) is 2.70. The molecule has 0 radical (unpaired) electrons. The quantitative estimate of drug-likeness (QED) is 0.724. The fourth-order valence-electron chi connectivity index (χ4n) is 2.70. The first-order chi connectivity index (χ1) is 8.13. The minimum absolute atomic E-state index is 0.122. The van der Waals surface area contributed by atoms with Crippen LogP contribution in [-0.2, 0) is 4.79 Å². The average Bonchev–Trinajstić information content (AvgIpc) is 2.52. The SMILES string of the molecule is CCNC(=O)CNC1CCCC(C(C)C)CC1. The Morgan fingerprint density at radius 3 is 2.65 bits per heavy atom. The van der Waals surface area contributed by atoms with Gasteiger partial charge in [0.05, 0.1) is 6.54 Å². The molecule has 3 nitrogen and oxygen atoms in total. The second-order valence-electron chi connectivity index (χ2n) is 5.54. The maximum atomic E-state index is 11.4. The highest BCUT2D eigenvalue weighted by atomic mass is 16.1. The van der Waals surface area contributed by atoms with Crippen LogP contribution in [0.4, 0.5) is 0 Å². The van der Waals surface area contributed by atoms with E-state index in [-0.39, 0.29) is 5.91 Å². The van der Waals surface area contributed by atoms with E-state index in [4.69, 9.17) is 0 Å². The van der Waals surface area contributed by atoms with Crippen LogP contribution in [0.2, 0.25) is 0 Å². The van der Waals surface area contributed by atoms with Gasteiger partial charge in [-0.05, 0) is 38.0 Å². The van der Waals surface area contributed by atoms with Gasteiger partial charge in [-0.2, -0.15) is 0 Å². The molecule has 1 aliphatic rings. The Bertz CT molecular complexity index is 228. The van der Waals surface area contributed by atoms with Gasteiger partial charge in [0.15, 0.2) is 0 Å². The summed E-state index contributed by atoms with van der Waals surface area (Å²) in [5.41, 5.74) is 0. The molecule has 0 spiro atoms. The summed E-state index contributed by atoms with van der Waals surface area (Å²) < 4.78 is 0. The van der Waals surface area contributed by atoms with Crippen LogP contribution in [0, 0.1) is 11.8 Å². The lowest BCUT2D eigenvalue weighted by molar-refractivity contribution is -0.120. The number of hydrogen-bond donors (Lipinski definition) is 2. The molecule has 0 aromatic rings. The zero-order valence-electron chi connectivity index (χ0n) is 11.6. The Labute approximate surface area is 106 Å². The lowest BCUT2D eigenvalue weighted by atomic mass is 9.89. The van der Waals surface area contributed by atoms with E-state index in [1.807, 2.05) is 6.92 Å². The molecular formula is C14H28N2O. The van der Waals surface area contributed by atoms with Crippen LogP contribution in [0.3, 0.4) is 0 Å². The molecule has 0 heterocycles. The molecule has 2 atom stereocenters. The standard InChI is InChI=1S/C14H28N2O/c1-4-15-14(17)10-16-13-7-5-6-12(8-9-13)11(2)3/h11-13,16H,4-10H2,1-3H3,(H,15,17). The highest BCUT2D eigenvalue weighted by molar-refractivity contribution is 5.77. The normalized spacial score (nSPS) is 25.6. The van der Waals surface area contributed by atoms with E-state index in [0.29, 0.717) is 12.6 Å². The maximum Gasteiger partial charge on any atom is 0.233 e. The summed E-state index contributed by atoms with van der Waals surface area (Å²) in [6, 6.07) is 0.543. The molecule has 1 rings (SSSR count). The monoisotopic (exact) mass is 240 g/mol. The fraction of sp³-hybridized carbons (Fsp3) is 0.929. The van der Waals surface area contributed by atoms with Gasteiger partial charge in [0, 0.05) is 12.6 Å². The minimum atomic E-state index is 0.122. The largest absolute Gasteiger partial charge is 0.355 e. The molecule has 3 heteroatoms. The van der Waals surface area contributed by atoms with E-state index < -0.39 is 0 Å². The van der Waals surface area contributed by atoms with Crippen molar-refractivity contribution in [2.45, 2.75) is 58.9 Å². The van der Waals surface area contributed by atoms with Gasteiger partial charge in [-0.3, -0.25) is 4.79 Å². The van der Waals surface area contributed by atoms with Gasteiger partial charge in [0.1, 0.15) is 0 Å². The predicted octanol–water partition coefficient (Wildman–Crippen LogP) is 2.32. The van der Waals surface area contributed by atoms with Gasteiger partial charge in [-0.15, -0.1) is 0 Å². The van der Waals surface area contributed by atoms with Gasteiger partial charge >= 0.3 is 0 Å². The summed E-state index contributed by atoms with van der Waals surface area (Å²) in [6.45, 7) is 7.81. The number of carbonyl (C=O) groups excluding carboxylic acids is 1. The molecule has 2 N–H and O–H groups in total. The van der Waals surface area contributed by atoms with E-state index in [1.54, 1.807) is 0 Å². The number of likely N-dealkylation sites (N-methyl/N-ethyl adjacent to an activating group) is 1. The second-order valence-corrected chi connectivity index (χ2v) is 5.54. The number of hydrogen-bond acceptors (Lipinski definition) is 2. The van der Waals surface area contributed by atoms with Crippen LogP contribution in [0.25, 0.3) is 0 Å². The average molecular weight is 240 g/mol. The van der Waals surface area contributed by atoms with Crippen molar-refractivity contribution in [1.82, 2.24) is 10.6 Å². The van der Waals surface area contributed by atoms with Crippen LogP contribution in [0.5, 0.6) is 0 Å². The van der Waals surface area contributed by atoms with Crippen LogP contribution >= 0.6 is 0 Å². The molecule has 1 amide bonds. The molecule has 100 valence electrons. The Morgan fingerprint density at radius 1 is 1.24 bits per heavy atom. The number of carbonyl (C=O) groups is 1. The Morgan fingerprint density at radius 2 is 2.00 bits per heavy atom. The van der Waals surface area contributed by atoms with Crippen LogP contribution in [-0.4, -0.2) is 25.0 Å². The zero-order chi connectivity index (χ0) is 12.7. The molecule has 0 aromatic heterocycles. The Balaban J connectivity index is 2.24. The van der Waals surface area contributed by atoms with Gasteiger partial charge in [-0.25, -0.2) is 0 Å². The van der Waals surface area contributed by atoms with Crippen LogP contribution in [0.1, 0.15) is 52.9 Å². The summed E-state index contributed by atoms with van der Waals surface area (Å²) >= 11 is 0. The number of amides is 1.